The van der Waals surface area contributed by atoms with Crippen molar-refractivity contribution in [3.8, 4) is 22.3 Å². The van der Waals surface area contributed by atoms with Gasteiger partial charge in [0, 0.05) is 5.56 Å². The molecule has 0 fully saturated rings. The van der Waals surface area contributed by atoms with E-state index < -0.39 is 0 Å². The second-order valence-corrected chi connectivity index (χ2v) is 13.4. The number of aliphatic imine (C=N–C) groups is 2. The molecular formula is C50H40N2. The highest BCUT2D eigenvalue weighted by molar-refractivity contribution is 6.26. The van der Waals surface area contributed by atoms with Crippen molar-refractivity contribution in [1.82, 2.24) is 0 Å². The molecule has 1 atom stereocenters. The van der Waals surface area contributed by atoms with Crippen LogP contribution in [0, 0.1) is 5.92 Å². The molecule has 8 aromatic rings. The fraction of sp³-hybridized carbons (Fsp3) is 0.0800. The van der Waals surface area contributed by atoms with Crippen molar-refractivity contribution in [3.05, 3.63) is 199 Å². The Morgan fingerprint density at radius 1 is 0.481 bits per heavy atom. The summed E-state index contributed by atoms with van der Waals surface area (Å²) in [6, 6.07) is 62.3. The molecule has 0 bridgehead atoms. The van der Waals surface area contributed by atoms with E-state index in [0.717, 1.165) is 45.5 Å². The van der Waals surface area contributed by atoms with E-state index in [0.29, 0.717) is 11.5 Å². The van der Waals surface area contributed by atoms with Gasteiger partial charge in [-0.25, -0.2) is 9.98 Å². The van der Waals surface area contributed by atoms with Crippen LogP contribution < -0.4 is 0 Å². The van der Waals surface area contributed by atoms with Gasteiger partial charge in [-0.1, -0.05) is 190 Å². The zero-order valence-electron chi connectivity index (χ0n) is 29.6. The van der Waals surface area contributed by atoms with E-state index in [1.54, 1.807) is 0 Å². The van der Waals surface area contributed by atoms with Crippen LogP contribution in [-0.4, -0.2) is 11.5 Å². The molecule has 0 spiro atoms. The van der Waals surface area contributed by atoms with Gasteiger partial charge in [0.2, 0.25) is 0 Å². The largest absolute Gasteiger partial charge is 0.232 e. The predicted octanol–water partition coefficient (Wildman–Crippen LogP) is 13.4. The summed E-state index contributed by atoms with van der Waals surface area (Å²) in [6.45, 7) is 8.87. The first-order valence-corrected chi connectivity index (χ1v) is 18.1. The SMILES string of the molecule is C=C(N=C(N=C(c1ccccc1)C(C)CC)c1ccccc1-c1ccccc1-c1ccc2c3ccccc3c3ccccc3c2c1)c1ccccc1. The van der Waals surface area contributed by atoms with E-state index >= 15 is 0 Å². The number of benzene rings is 8. The van der Waals surface area contributed by atoms with Gasteiger partial charge in [-0.2, -0.15) is 0 Å². The standard InChI is InChI=1S/C50H40N2/c1-4-34(2)49(37-21-9-6-10-22-37)52-50(51-35(3)36-19-7-5-8-20-36)47-30-18-17-28-44(47)40-24-12-11-23-39(40)38-31-32-46-43-27-14-13-25-41(43)42-26-15-16-29-45(42)48(46)33-38/h5-34H,3-4H2,1-2H3. The number of amidine groups is 1. The summed E-state index contributed by atoms with van der Waals surface area (Å²) in [6.07, 6.45) is 0.955. The summed E-state index contributed by atoms with van der Waals surface area (Å²) in [5, 5.41) is 7.60. The number of fused-ring (bicyclic) bond motifs is 6. The van der Waals surface area contributed by atoms with E-state index in [9.17, 15) is 0 Å². The molecule has 0 amide bonds. The molecule has 250 valence electrons. The van der Waals surface area contributed by atoms with Crippen LogP contribution in [0.3, 0.4) is 0 Å². The van der Waals surface area contributed by atoms with E-state index in [1.165, 1.54) is 37.9 Å². The first kappa shape index (κ1) is 32.8. The first-order valence-electron chi connectivity index (χ1n) is 18.1. The number of hydrogen-bond donors (Lipinski definition) is 0. The third-order valence-corrected chi connectivity index (χ3v) is 10.2. The molecule has 8 rings (SSSR count). The van der Waals surface area contributed by atoms with Gasteiger partial charge in [-0.05, 0) is 84.1 Å². The minimum Gasteiger partial charge on any atom is -0.232 e. The fourth-order valence-electron chi connectivity index (χ4n) is 7.30. The third-order valence-electron chi connectivity index (χ3n) is 10.2. The second-order valence-electron chi connectivity index (χ2n) is 13.4. The lowest BCUT2D eigenvalue weighted by molar-refractivity contribution is 0.741. The Morgan fingerprint density at radius 3 is 1.58 bits per heavy atom. The molecule has 0 aromatic heterocycles. The average molecular weight is 669 g/mol. The normalized spacial score (nSPS) is 12.7. The molecule has 0 heterocycles. The molecule has 0 aliphatic rings. The first-order chi connectivity index (χ1) is 25.6. The van der Waals surface area contributed by atoms with Crippen LogP contribution in [0.4, 0.5) is 0 Å². The molecule has 0 aliphatic carbocycles. The van der Waals surface area contributed by atoms with Crippen LogP contribution in [0.1, 0.15) is 37.0 Å². The molecule has 0 N–H and O–H groups in total. The lowest BCUT2D eigenvalue weighted by Gasteiger charge is -2.18. The summed E-state index contributed by atoms with van der Waals surface area (Å²) in [7, 11) is 0. The van der Waals surface area contributed by atoms with E-state index in [4.69, 9.17) is 9.98 Å². The van der Waals surface area contributed by atoms with Crippen molar-refractivity contribution in [1.29, 1.82) is 0 Å². The summed E-state index contributed by atoms with van der Waals surface area (Å²) in [5.74, 6) is 0.870. The maximum atomic E-state index is 5.45. The second kappa shape index (κ2) is 14.5. The van der Waals surface area contributed by atoms with Gasteiger partial charge in [-0.3, -0.25) is 0 Å². The van der Waals surface area contributed by atoms with Crippen molar-refractivity contribution in [2.75, 3.05) is 0 Å². The topological polar surface area (TPSA) is 24.7 Å². The Hall–Kier alpha value is -6.38. The van der Waals surface area contributed by atoms with Gasteiger partial charge >= 0.3 is 0 Å². The monoisotopic (exact) mass is 668 g/mol. The van der Waals surface area contributed by atoms with Crippen LogP contribution in [0.15, 0.2) is 192 Å². The minimum absolute atomic E-state index is 0.223. The maximum Gasteiger partial charge on any atom is 0.160 e. The van der Waals surface area contributed by atoms with Crippen molar-refractivity contribution in [2.24, 2.45) is 15.9 Å². The van der Waals surface area contributed by atoms with Crippen LogP contribution in [0.25, 0.3) is 60.3 Å². The summed E-state index contributed by atoms with van der Waals surface area (Å²) >= 11 is 0. The fourth-order valence-corrected chi connectivity index (χ4v) is 7.30. The predicted molar refractivity (Wildman–Crippen MR) is 224 cm³/mol. The molecule has 1 unspecified atom stereocenters. The zero-order valence-corrected chi connectivity index (χ0v) is 29.6. The van der Waals surface area contributed by atoms with Crippen molar-refractivity contribution in [3.63, 3.8) is 0 Å². The zero-order chi connectivity index (χ0) is 35.4. The van der Waals surface area contributed by atoms with E-state index in [-0.39, 0.29) is 5.92 Å². The molecule has 0 aliphatic heterocycles. The molecule has 2 heteroatoms. The van der Waals surface area contributed by atoms with Crippen molar-refractivity contribution >= 4 is 49.6 Å². The smallest absolute Gasteiger partial charge is 0.160 e. The molecule has 2 nitrogen and oxygen atoms in total. The summed E-state index contributed by atoms with van der Waals surface area (Å²) < 4.78 is 0. The maximum absolute atomic E-state index is 5.45. The highest BCUT2D eigenvalue weighted by Gasteiger charge is 2.19. The molecule has 52 heavy (non-hydrogen) atoms. The minimum atomic E-state index is 0.223. The number of hydrogen-bond acceptors (Lipinski definition) is 1. The molecule has 8 aromatic carbocycles. The van der Waals surface area contributed by atoms with Crippen LogP contribution in [0.5, 0.6) is 0 Å². The van der Waals surface area contributed by atoms with Crippen LogP contribution in [0.2, 0.25) is 0 Å². The van der Waals surface area contributed by atoms with Crippen molar-refractivity contribution < 1.29 is 0 Å². The average Bonchev–Trinajstić information content (AvgIpc) is 3.22. The third kappa shape index (κ3) is 6.25. The van der Waals surface area contributed by atoms with Gasteiger partial charge in [0.05, 0.1) is 11.4 Å². The Morgan fingerprint density at radius 2 is 0.962 bits per heavy atom. The highest BCUT2D eigenvalue weighted by atomic mass is 14.9. The molecule has 0 saturated heterocycles. The number of rotatable bonds is 8. The van der Waals surface area contributed by atoms with Gasteiger partial charge < -0.3 is 0 Å². The van der Waals surface area contributed by atoms with Gasteiger partial charge in [0.15, 0.2) is 5.84 Å². The lowest BCUT2D eigenvalue weighted by Crippen LogP contribution is -2.15. The van der Waals surface area contributed by atoms with Crippen LogP contribution >= 0.6 is 0 Å². The molecule has 0 saturated carbocycles. The lowest BCUT2D eigenvalue weighted by atomic mass is 9.88. The summed E-state index contributed by atoms with van der Waals surface area (Å²) in [4.78, 5) is 10.7. The Balaban J connectivity index is 1.34. The van der Waals surface area contributed by atoms with Crippen LogP contribution in [-0.2, 0) is 0 Å². The quantitative estimate of drug-likeness (QED) is 0.0875. The Bertz CT molecular complexity index is 2600. The highest BCUT2D eigenvalue weighted by Crippen LogP contribution is 2.40. The Labute approximate surface area is 306 Å². The Kier molecular flexibility index (Phi) is 9.12. The van der Waals surface area contributed by atoms with E-state index in [2.05, 4.69) is 160 Å². The van der Waals surface area contributed by atoms with Crippen molar-refractivity contribution in [2.45, 2.75) is 20.3 Å². The molecular weight excluding hydrogens is 629 g/mol. The van der Waals surface area contributed by atoms with Gasteiger partial charge in [-0.15, -0.1) is 0 Å². The summed E-state index contributed by atoms with van der Waals surface area (Å²) in [5.41, 5.74) is 9.23. The molecule has 0 radical (unpaired) electrons. The van der Waals surface area contributed by atoms with Gasteiger partial charge in [0.1, 0.15) is 0 Å². The number of nitrogens with zero attached hydrogens (tertiary/aromatic N) is 2. The van der Waals surface area contributed by atoms with Gasteiger partial charge in [0.25, 0.3) is 0 Å². The van der Waals surface area contributed by atoms with E-state index in [1.807, 2.05) is 36.4 Å².